The van der Waals surface area contributed by atoms with Gasteiger partial charge in [-0.05, 0) is 111 Å². The van der Waals surface area contributed by atoms with Gasteiger partial charge >= 0.3 is 0 Å². The van der Waals surface area contributed by atoms with E-state index in [0.717, 1.165) is 0 Å². The second-order valence-electron chi connectivity index (χ2n) is 18.7. The van der Waals surface area contributed by atoms with Gasteiger partial charge in [-0.3, -0.25) is 9.98 Å². The summed E-state index contributed by atoms with van der Waals surface area (Å²) in [5, 5.41) is 64.8. The van der Waals surface area contributed by atoms with E-state index in [4.69, 9.17) is 9.47 Å². The standard InChI is InChI=1S/2C16H36N.2C12H14NO4.13O.6V/c2*1-5-9-13-17(14-10-6-2,15-11-7-3)16-12-8-4;2*1-17-11-4-2-10(3-5-11)6-13-12(7-14,8-15)9-16;;;;;;;;;;;;;;;;;;;/h2*5-16H2,1-4H3;2*2-6H,7-9H2,1H3;;;;;;;;;;;;;;;;;;;/q2*+1;2*-3;13*-2;;;;;;. The van der Waals surface area contributed by atoms with Gasteiger partial charge in [-0.2, -0.15) is 0 Å². The fraction of sp³-hybridized carbons (Fsp3) is 0.750. The Labute approximate surface area is 596 Å². The molecule has 6 radical (unpaired) electrons. The van der Waals surface area contributed by atoms with Crippen molar-refractivity contribution in [3.05, 3.63) is 59.7 Å². The first-order chi connectivity index (χ1) is 32.9. The van der Waals surface area contributed by atoms with Crippen molar-refractivity contribution in [1.29, 1.82) is 0 Å². The molecule has 0 aliphatic rings. The van der Waals surface area contributed by atoms with Crippen molar-refractivity contribution in [1.82, 2.24) is 0 Å². The van der Waals surface area contributed by atoms with Gasteiger partial charge in [0.2, 0.25) is 0 Å². The van der Waals surface area contributed by atoms with E-state index < -0.39 is 50.7 Å². The first-order valence-electron chi connectivity index (χ1n) is 26.4. The van der Waals surface area contributed by atoms with Gasteiger partial charge in [-0.25, -0.2) is 0 Å². The number of ether oxygens (including phenoxy) is 2. The van der Waals surface area contributed by atoms with E-state index in [1.165, 1.54) is 176 Å². The Kier molecular flexibility index (Phi) is 165. The normalized spacial score (nSPS) is 9.38. The van der Waals surface area contributed by atoms with E-state index in [2.05, 4.69) is 65.4 Å². The molecule has 2 aromatic carbocycles. The average molecular weight is 1470 g/mol. The third-order valence-corrected chi connectivity index (χ3v) is 12.7. The average Bonchev–Trinajstić information content (AvgIpc) is 3.39. The second kappa shape index (κ2) is 97.1. The molecule has 2 rings (SSSR count). The van der Waals surface area contributed by atoms with Crippen molar-refractivity contribution in [2.24, 2.45) is 9.98 Å². The monoisotopic (exact) mass is 1470 g/mol. The third kappa shape index (κ3) is 68.7. The molecule has 0 N–H and O–H groups in total. The number of aliphatic imine (C=N–C) groups is 2. The Hall–Kier alpha value is 0.0465. The van der Waals surface area contributed by atoms with Crippen LogP contribution < -0.4 is 40.1 Å². The van der Waals surface area contributed by atoms with Crippen molar-refractivity contribution in [3.63, 3.8) is 0 Å². The van der Waals surface area contributed by atoms with E-state index >= 15 is 0 Å². The molecule has 0 atom stereocenters. The maximum Gasteiger partial charge on any atom is 0.118 e. The zero-order valence-corrected chi connectivity index (χ0v) is 61.4. The van der Waals surface area contributed by atoms with E-state index in [-0.39, 0.29) is 183 Å². The van der Waals surface area contributed by atoms with Crippen LogP contribution in [0, 0.1) is 0 Å². The summed E-state index contributed by atoms with van der Waals surface area (Å²) in [4.78, 5) is 7.67. The molecule has 0 unspecified atom stereocenters. The number of nitrogens with zero attached hydrogens (tertiary/aromatic N) is 4. The summed E-state index contributed by atoms with van der Waals surface area (Å²) in [5.74, 6) is 1.40. The van der Waals surface area contributed by atoms with E-state index in [1.54, 1.807) is 62.8 Å². The Morgan fingerprint density at radius 2 is 0.460 bits per heavy atom. The molecule has 31 heteroatoms. The SMILES string of the molecule is CCCC[N+](CCCC)(CCCC)CCCC.CCCC[N+](CCCC)(CCCC)CCCC.COc1ccc(C=NC(C[O-])(C[O-])C[O-])cc1.COc1ccc(C=NC(C[O-])(C[O-])C[O-])cc1.[O-2].[O-2].[O-2].[O-2].[O-2].[O-2].[O-2].[O-2].[O-2].[O-2].[O-2].[O-2].[O-2].[V].[V].[V].[V].[V].[V]. The quantitative estimate of drug-likeness (QED) is 0.0697. The van der Waals surface area contributed by atoms with Crippen LogP contribution in [0.4, 0.5) is 0 Å². The molecule has 0 heterocycles. The first kappa shape index (κ1) is 148. The molecule has 87 heavy (non-hydrogen) atoms. The zero-order valence-electron chi connectivity index (χ0n) is 53.0. The molecule has 0 aliphatic heterocycles. The number of unbranched alkanes of at least 4 members (excludes halogenated alkanes) is 8. The molecule has 0 amide bonds. The molecule has 0 bridgehead atoms. The number of quaternary nitrogens is 2. The van der Waals surface area contributed by atoms with Crippen molar-refractivity contribution in [2.75, 3.05) is 106 Å². The van der Waals surface area contributed by atoms with Crippen LogP contribution in [0.25, 0.3) is 0 Å². The smallest absolute Gasteiger partial charge is 0.118 e. The molecule has 25 nitrogen and oxygen atoms in total. The van der Waals surface area contributed by atoms with Gasteiger partial charge in [0.1, 0.15) is 11.5 Å². The van der Waals surface area contributed by atoms with Gasteiger partial charge in [0.15, 0.2) is 0 Å². The summed E-state index contributed by atoms with van der Waals surface area (Å²) in [6.45, 7) is 25.3. The maximum absolute atomic E-state index is 10.8. The number of hydrogen-bond acceptors (Lipinski definition) is 10. The first-order valence-corrected chi connectivity index (χ1v) is 26.4. The molecule has 530 valence electrons. The molecule has 0 fully saturated rings. The van der Waals surface area contributed by atoms with Crippen LogP contribution in [0.5, 0.6) is 11.5 Å². The van der Waals surface area contributed by atoms with Gasteiger partial charge in [-0.1, -0.05) is 107 Å². The van der Waals surface area contributed by atoms with Gasteiger partial charge in [0.25, 0.3) is 0 Å². The predicted octanol–water partition coefficient (Wildman–Crippen LogP) is 4.32. The molecule has 0 aliphatic carbocycles. The fourth-order valence-electron chi connectivity index (χ4n) is 7.57. The summed E-state index contributed by atoms with van der Waals surface area (Å²) >= 11 is 0. The molecular weight excluding hydrogens is 1370 g/mol. The van der Waals surface area contributed by atoms with Crippen LogP contribution in [0.15, 0.2) is 58.5 Å². The predicted molar refractivity (Wildman–Crippen MR) is 283 cm³/mol. The van der Waals surface area contributed by atoms with Crippen LogP contribution >= 0.6 is 0 Å². The van der Waals surface area contributed by atoms with Crippen molar-refractivity contribution >= 4 is 12.4 Å². The molecular formula is C56H100N4O21V6-30. The van der Waals surface area contributed by atoms with Crippen LogP contribution in [-0.2, 0) is 183 Å². The largest absolute Gasteiger partial charge is 2.00 e. The summed E-state index contributed by atoms with van der Waals surface area (Å²) in [6, 6.07) is 13.8. The Morgan fingerprint density at radius 1 is 0.310 bits per heavy atom. The maximum atomic E-state index is 10.8. The Balaban J connectivity index is -0.0000000328. The molecule has 0 saturated heterocycles. The van der Waals surface area contributed by atoms with E-state index in [1.807, 2.05) is 0 Å². The minimum atomic E-state index is -1.56. The second-order valence-corrected chi connectivity index (χ2v) is 18.7. The van der Waals surface area contributed by atoms with E-state index in [0.29, 0.717) is 22.6 Å². The van der Waals surface area contributed by atoms with Gasteiger partial charge in [0, 0.05) is 135 Å². The molecule has 0 spiro atoms. The van der Waals surface area contributed by atoms with E-state index in [9.17, 15) is 30.6 Å². The minimum Gasteiger partial charge on any atom is -2.00 e. The Morgan fingerprint density at radius 3 is 0.575 bits per heavy atom. The van der Waals surface area contributed by atoms with Gasteiger partial charge in [0.05, 0.1) is 66.6 Å². The summed E-state index contributed by atoms with van der Waals surface area (Å²) in [5.41, 5.74) is -1.68. The van der Waals surface area contributed by atoms with Crippen molar-refractivity contribution in [2.45, 2.75) is 169 Å². The van der Waals surface area contributed by atoms with Gasteiger partial charge in [-0.15, -0.1) is 39.6 Å². The van der Waals surface area contributed by atoms with Crippen LogP contribution in [0.2, 0.25) is 0 Å². The van der Waals surface area contributed by atoms with Crippen molar-refractivity contribution < 1.29 is 232 Å². The zero-order chi connectivity index (χ0) is 51.4. The number of rotatable bonds is 36. The number of methoxy groups -OCH3 is 2. The molecule has 2 aromatic rings. The number of benzene rings is 2. The minimum absolute atomic E-state index is 0. The molecule has 0 aromatic heterocycles. The van der Waals surface area contributed by atoms with Crippen molar-refractivity contribution in [3.8, 4) is 11.5 Å². The third-order valence-electron chi connectivity index (χ3n) is 12.7. The summed E-state index contributed by atoms with van der Waals surface area (Å²) in [7, 11) is 3.11. The Bertz CT molecular complexity index is 1310. The number of hydrogen-bond donors (Lipinski definition) is 0. The fourth-order valence-corrected chi connectivity index (χ4v) is 7.57. The molecule has 0 saturated carbocycles. The van der Waals surface area contributed by atoms with Crippen LogP contribution in [0.3, 0.4) is 0 Å². The topological polar surface area (TPSA) is 552 Å². The van der Waals surface area contributed by atoms with Crippen LogP contribution in [-0.4, -0.2) is 139 Å². The van der Waals surface area contributed by atoms with Crippen LogP contribution in [0.1, 0.15) is 169 Å². The van der Waals surface area contributed by atoms with Gasteiger partial charge < -0.3 is 120 Å². The summed E-state index contributed by atoms with van der Waals surface area (Å²) in [6.07, 6.45) is 24.9. The summed E-state index contributed by atoms with van der Waals surface area (Å²) < 4.78 is 12.8.